The molecule has 0 heterocycles. The second-order valence-electron chi connectivity index (χ2n) is 6.67. The van der Waals surface area contributed by atoms with E-state index in [0.717, 1.165) is 44.1 Å². The Morgan fingerprint density at radius 1 is 1.12 bits per heavy atom. The van der Waals surface area contributed by atoms with Crippen LogP contribution in [0.15, 0.2) is 24.3 Å². The fourth-order valence-corrected chi connectivity index (χ4v) is 3.56. The van der Waals surface area contributed by atoms with Crippen LogP contribution in [-0.4, -0.2) is 37.3 Å². The van der Waals surface area contributed by atoms with E-state index in [1.165, 1.54) is 10.6 Å². The summed E-state index contributed by atoms with van der Waals surface area (Å²) in [5.41, 5.74) is 4.49. The van der Waals surface area contributed by atoms with Gasteiger partial charge in [0, 0.05) is 12.6 Å². The van der Waals surface area contributed by atoms with Crippen LogP contribution in [0, 0.1) is 5.41 Å². The lowest BCUT2D eigenvalue weighted by atomic mass is 10.0. The van der Waals surface area contributed by atoms with Crippen LogP contribution in [0.1, 0.15) is 57.1 Å². The summed E-state index contributed by atoms with van der Waals surface area (Å²) >= 11 is 0. The molecule has 4 N–H and O–H groups in total. The van der Waals surface area contributed by atoms with E-state index in [2.05, 4.69) is 5.53 Å². The molecule has 0 spiro atoms. The smallest absolute Gasteiger partial charge is 0.152 e. The first-order valence-corrected chi connectivity index (χ1v) is 10.6. The van der Waals surface area contributed by atoms with Crippen molar-refractivity contribution >= 4 is 15.7 Å². The Kier molecular flexibility index (Phi) is 9.10. The second kappa shape index (κ2) is 10.5. The molecule has 0 bridgehead atoms. The van der Waals surface area contributed by atoms with Crippen molar-refractivity contribution in [2.75, 3.05) is 12.8 Å². The number of hydrogen-bond acceptors (Lipinski definition) is 5. The van der Waals surface area contributed by atoms with Crippen molar-refractivity contribution in [2.24, 2.45) is 5.84 Å². The Morgan fingerprint density at radius 3 is 2.24 bits per heavy atom. The first kappa shape index (κ1) is 21.6. The summed E-state index contributed by atoms with van der Waals surface area (Å²) in [6.07, 6.45) is 6.02. The number of benzene rings is 1. The molecular weight excluding hydrogens is 336 g/mol. The molecule has 0 aliphatic heterocycles. The van der Waals surface area contributed by atoms with Gasteiger partial charge in [-0.25, -0.2) is 8.42 Å². The van der Waals surface area contributed by atoms with Gasteiger partial charge < -0.3 is 0 Å². The van der Waals surface area contributed by atoms with Gasteiger partial charge in [0.1, 0.15) is 5.84 Å². The zero-order chi connectivity index (χ0) is 18.9. The predicted octanol–water partition coefficient (Wildman–Crippen LogP) is 2.64. The van der Waals surface area contributed by atoms with Gasteiger partial charge in [0.05, 0.1) is 11.0 Å². The van der Waals surface area contributed by atoms with E-state index in [0.29, 0.717) is 11.6 Å². The van der Waals surface area contributed by atoms with E-state index < -0.39 is 9.84 Å². The van der Waals surface area contributed by atoms with Crippen molar-refractivity contribution in [1.82, 2.24) is 10.5 Å². The third-order valence-electron chi connectivity index (χ3n) is 4.37. The van der Waals surface area contributed by atoms with Crippen LogP contribution in [0.2, 0.25) is 0 Å². The lowest BCUT2D eigenvalue weighted by Gasteiger charge is -2.17. The van der Waals surface area contributed by atoms with Crippen LogP contribution in [0.5, 0.6) is 0 Å². The van der Waals surface area contributed by atoms with Crippen LogP contribution in [0.25, 0.3) is 0 Å². The maximum atomic E-state index is 11.7. The molecule has 0 aromatic heterocycles. The van der Waals surface area contributed by atoms with Gasteiger partial charge in [-0.2, -0.15) is 5.53 Å². The normalized spacial score (nSPS) is 11.7. The molecule has 0 aliphatic carbocycles. The summed E-state index contributed by atoms with van der Waals surface area (Å²) in [6, 6.07) is 7.96. The summed E-state index contributed by atoms with van der Waals surface area (Å²) < 4.78 is 23.4. The highest BCUT2D eigenvalue weighted by atomic mass is 32.2. The van der Waals surface area contributed by atoms with Gasteiger partial charge in [0.2, 0.25) is 0 Å². The van der Waals surface area contributed by atoms with E-state index in [1.807, 2.05) is 24.3 Å². The molecule has 142 valence electrons. The zero-order valence-corrected chi connectivity index (χ0v) is 16.4. The van der Waals surface area contributed by atoms with Gasteiger partial charge in [-0.1, -0.05) is 43.5 Å². The maximum absolute atomic E-state index is 11.7. The molecular formula is C18H32N4O2S. The first-order valence-electron chi connectivity index (χ1n) is 8.87. The highest BCUT2D eigenvalue weighted by Gasteiger charge is 2.14. The van der Waals surface area contributed by atoms with Gasteiger partial charge >= 0.3 is 0 Å². The number of sulfone groups is 1. The van der Waals surface area contributed by atoms with Crippen LogP contribution < -0.4 is 11.4 Å². The molecule has 0 radical (unpaired) electrons. The van der Waals surface area contributed by atoms with Gasteiger partial charge in [0.15, 0.2) is 9.84 Å². The minimum absolute atomic E-state index is 0.266. The third kappa shape index (κ3) is 7.54. The highest BCUT2D eigenvalue weighted by Crippen LogP contribution is 2.12. The number of aryl methyl sites for hydroxylation is 1. The quantitative estimate of drug-likeness (QED) is 0.183. The Hall–Kier alpha value is -1.44. The number of nitrogens with one attached hydrogen (secondary N) is 2. The number of nitrogens with two attached hydrogens (primary N) is 1. The minimum Gasteiger partial charge on any atom is -0.283 e. The average molecular weight is 369 g/mol. The SMILES string of the molecule is CC(C)S(=O)(=O)CCCCCCCc1ccc(C(=N)N(C)NN)cc1. The summed E-state index contributed by atoms with van der Waals surface area (Å²) in [7, 11) is -1.19. The van der Waals surface area contributed by atoms with Gasteiger partial charge in [-0.3, -0.25) is 16.3 Å². The number of unbranched alkanes of at least 4 members (excludes halogenated alkanes) is 4. The summed E-state index contributed by atoms with van der Waals surface area (Å²) in [6.45, 7) is 3.49. The lowest BCUT2D eigenvalue weighted by Crippen LogP contribution is -2.43. The Labute approximate surface area is 152 Å². The van der Waals surface area contributed by atoms with E-state index in [9.17, 15) is 8.42 Å². The monoisotopic (exact) mass is 368 g/mol. The molecule has 0 unspecified atom stereocenters. The van der Waals surface area contributed by atoms with Crippen LogP contribution in [0.4, 0.5) is 0 Å². The number of rotatable bonds is 11. The predicted molar refractivity (Wildman–Crippen MR) is 104 cm³/mol. The molecule has 1 rings (SSSR count). The van der Waals surface area contributed by atoms with E-state index in [-0.39, 0.29) is 5.25 Å². The zero-order valence-electron chi connectivity index (χ0n) is 15.6. The van der Waals surface area contributed by atoms with Crippen molar-refractivity contribution in [3.05, 3.63) is 35.4 Å². The van der Waals surface area contributed by atoms with Crippen molar-refractivity contribution in [3.8, 4) is 0 Å². The van der Waals surface area contributed by atoms with E-state index in [4.69, 9.17) is 11.3 Å². The largest absolute Gasteiger partial charge is 0.283 e. The van der Waals surface area contributed by atoms with Crippen molar-refractivity contribution in [1.29, 1.82) is 5.41 Å². The number of amidine groups is 1. The lowest BCUT2D eigenvalue weighted by molar-refractivity contribution is 0.375. The van der Waals surface area contributed by atoms with Gasteiger partial charge in [0.25, 0.3) is 0 Å². The Morgan fingerprint density at radius 2 is 1.68 bits per heavy atom. The molecule has 0 aliphatic rings. The molecule has 1 aromatic rings. The second-order valence-corrected chi connectivity index (χ2v) is 9.34. The fourth-order valence-electron chi connectivity index (χ4n) is 2.49. The Balaban J connectivity index is 2.23. The van der Waals surface area contributed by atoms with Crippen LogP contribution >= 0.6 is 0 Å². The van der Waals surface area contributed by atoms with Gasteiger partial charge in [-0.15, -0.1) is 0 Å². The molecule has 0 saturated carbocycles. The number of nitrogens with zero attached hydrogens (tertiary/aromatic N) is 1. The van der Waals surface area contributed by atoms with Crippen LogP contribution in [0.3, 0.4) is 0 Å². The van der Waals surface area contributed by atoms with Gasteiger partial charge in [-0.05, 0) is 38.7 Å². The fraction of sp³-hybridized carbons (Fsp3) is 0.611. The number of hydrazine groups is 2. The maximum Gasteiger partial charge on any atom is 0.152 e. The molecule has 25 heavy (non-hydrogen) atoms. The topological polar surface area (TPSA) is 99.3 Å². The van der Waals surface area contributed by atoms with E-state index in [1.54, 1.807) is 20.9 Å². The molecule has 1 aromatic carbocycles. The average Bonchev–Trinajstić information content (AvgIpc) is 2.59. The van der Waals surface area contributed by atoms with Crippen LogP contribution in [-0.2, 0) is 16.3 Å². The van der Waals surface area contributed by atoms with Crippen molar-refractivity contribution in [3.63, 3.8) is 0 Å². The molecule has 0 fully saturated rings. The molecule has 0 saturated heterocycles. The van der Waals surface area contributed by atoms with E-state index >= 15 is 0 Å². The third-order valence-corrected chi connectivity index (χ3v) is 6.66. The van der Waals surface area contributed by atoms with Crippen molar-refractivity contribution < 1.29 is 8.42 Å². The standard InChI is InChI=1S/C18H32N4O2S/c1-15(2)25(23,24)14-8-6-4-5-7-9-16-10-12-17(13-11-16)18(19)22(3)21-20/h10-13,15,19,21H,4-9,14,20H2,1-3H3. The molecule has 6 nitrogen and oxygen atoms in total. The first-order chi connectivity index (χ1) is 11.8. The molecule has 7 heteroatoms. The summed E-state index contributed by atoms with van der Waals surface area (Å²) in [5, 5.41) is 9.14. The number of hydrogen-bond donors (Lipinski definition) is 3. The Bertz CT molecular complexity index is 627. The summed E-state index contributed by atoms with van der Waals surface area (Å²) in [4.78, 5) is 0. The molecule has 0 amide bonds. The molecule has 0 atom stereocenters. The minimum atomic E-state index is -2.89. The van der Waals surface area contributed by atoms with Crippen molar-refractivity contribution in [2.45, 2.75) is 57.6 Å². The summed E-state index contributed by atoms with van der Waals surface area (Å²) in [5.74, 6) is 5.93. The highest BCUT2D eigenvalue weighted by molar-refractivity contribution is 7.91.